The maximum Gasteiger partial charge on any atom is 0.311 e. The highest BCUT2D eigenvalue weighted by atomic mass is 35.5. The number of benzene rings is 1. The van der Waals surface area contributed by atoms with Gasteiger partial charge in [0.1, 0.15) is 0 Å². The molecule has 1 amide bonds. The van der Waals surface area contributed by atoms with Crippen LogP contribution in [0, 0.1) is 10.1 Å². The minimum atomic E-state index is -0.461. The summed E-state index contributed by atoms with van der Waals surface area (Å²) < 4.78 is 4.99. The van der Waals surface area contributed by atoms with Crippen LogP contribution in [-0.4, -0.2) is 47.7 Å². The monoisotopic (exact) mass is 389 g/mol. The van der Waals surface area contributed by atoms with Gasteiger partial charge >= 0.3 is 5.69 Å². The number of likely N-dealkylation sites (tertiary alicyclic amines) is 1. The van der Waals surface area contributed by atoms with Crippen molar-refractivity contribution in [3.8, 4) is 5.75 Å². The molecule has 1 unspecified atom stereocenters. The molecular formula is C16H24ClN3O4S. The summed E-state index contributed by atoms with van der Waals surface area (Å²) >= 11 is 1.46. The minimum absolute atomic E-state index is 0. The Morgan fingerprint density at radius 3 is 2.88 bits per heavy atom. The van der Waals surface area contributed by atoms with Crippen LogP contribution in [0.4, 0.5) is 5.69 Å². The van der Waals surface area contributed by atoms with Crippen LogP contribution < -0.4 is 10.5 Å². The molecule has 140 valence electrons. The van der Waals surface area contributed by atoms with Crippen molar-refractivity contribution in [1.29, 1.82) is 0 Å². The summed E-state index contributed by atoms with van der Waals surface area (Å²) in [6.07, 6.45) is 3.11. The molecule has 0 radical (unpaired) electrons. The number of hydrogen-bond donors (Lipinski definition) is 1. The second kappa shape index (κ2) is 10.5. The van der Waals surface area contributed by atoms with E-state index in [0.717, 1.165) is 31.4 Å². The van der Waals surface area contributed by atoms with Crippen molar-refractivity contribution in [2.45, 2.75) is 31.1 Å². The van der Waals surface area contributed by atoms with E-state index in [4.69, 9.17) is 10.5 Å². The van der Waals surface area contributed by atoms with E-state index in [1.54, 1.807) is 12.1 Å². The van der Waals surface area contributed by atoms with E-state index in [-0.39, 0.29) is 35.8 Å². The molecule has 1 saturated heterocycles. The van der Waals surface area contributed by atoms with Gasteiger partial charge in [-0.2, -0.15) is 0 Å². The number of hydrogen-bond acceptors (Lipinski definition) is 6. The molecule has 0 saturated carbocycles. The molecule has 1 aromatic rings. The van der Waals surface area contributed by atoms with E-state index in [0.29, 0.717) is 18.1 Å². The Labute approximate surface area is 157 Å². The first-order valence-corrected chi connectivity index (χ1v) is 9.11. The molecule has 2 rings (SSSR count). The first-order chi connectivity index (χ1) is 11.6. The molecule has 1 aromatic carbocycles. The van der Waals surface area contributed by atoms with E-state index < -0.39 is 4.92 Å². The third-order valence-corrected chi connectivity index (χ3v) is 5.14. The Morgan fingerprint density at radius 2 is 2.24 bits per heavy atom. The zero-order valence-corrected chi connectivity index (χ0v) is 15.8. The summed E-state index contributed by atoms with van der Waals surface area (Å²) in [5, 5.41) is 11.0. The Hall–Kier alpha value is -1.51. The quantitative estimate of drug-likeness (QED) is 0.568. The summed E-state index contributed by atoms with van der Waals surface area (Å²) in [5.41, 5.74) is 6.49. The van der Waals surface area contributed by atoms with Gasteiger partial charge in [-0.3, -0.25) is 14.9 Å². The summed E-state index contributed by atoms with van der Waals surface area (Å²) in [4.78, 5) is 24.8. The molecule has 1 atom stereocenters. The lowest BCUT2D eigenvalue weighted by Gasteiger charge is -2.35. The van der Waals surface area contributed by atoms with Crippen LogP contribution in [0.3, 0.4) is 0 Å². The first kappa shape index (κ1) is 21.5. The van der Waals surface area contributed by atoms with E-state index in [1.807, 2.05) is 4.90 Å². The van der Waals surface area contributed by atoms with E-state index in [2.05, 4.69) is 0 Å². The van der Waals surface area contributed by atoms with Crippen molar-refractivity contribution in [2.75, 3.05) is 26.0 Å². The third kappa shape index (κ3) is 5.76. The molecular weight excluding hydrogens is 366 g/mol. The second-order valence-electron chi connectivity index (χ2n) is 5.73. The summed E-state index contributed by atoms with van der Waals surface area (Å²) in [5.74, 6) is 1.23. The Bertz CT molecular complexity index is 603. The maximum absolute atomic E-state index is 12.4. The molecule has 2 N–H and O–H groups in total. The average molecular weight is 390 g/mol. The highest BCUT2D eigenvalue weighted by molar-refractivity contribution is 7.99. The molecule has 0 aliphatic carbocycles. The van der Waals surface area contributed by atoms with Crippen LogP contribution in [0.2, 0.25) is 0 Å². The van der Waals surface area contributed by atoms with Gasteiger partial charge in [-0.25, -0.2) is 0 Å². The second-order valence-corrected chi connectivity index (χ2v) is 6.71. The van der Waals surface area contributed by atoms with Gasteiger partial charge in [0.15, 0.2) is 5.75 Å². The van der Waals surface area contributed by atoms with Crippen LogP contribution in [0.25, 0.3) is 0 Å². The van der Waals surface area contributed by atoms with Crippen LogP contribution in [-0.2, 0) is 10.5 Å². The number of amides is 1. The third-order valence-electron chi connectivity index (χ3n) is 4.15. The summed E-state index contributed by atoms with van der Waals surface area (Å²) in [7, 11) is 1.40. The smallest absolute Gasteiger partial charge is 0.311 e. The number of halogens is 1. The zero-order valence-electron chi connectivity index (χ0n) is 14.2. The number of nitrogens with zero attached hydrogens (tertiary/aromatic N) is 2. The molecule has 1 heterocycles. The lowest BCUT2D eigenvalue weighted by atomic mass is 10.0. The summed E-state index contributed by atoms with van der Waals surface area (Å²) in [6.45, 7) is 1.27. The molecule has 7 nitrogen and oxygen atoms in total. The number of carbonyl (C=O) groups is 1. The Kier molecular flexibility index (Phi) is 9.02. The molecule has 1 aliphatic heterocycles. The highest BCUT2D eigenvalue weighted by Crippen LogP contribution is 2.29. The van der Waals surface area contributed by atoms with Gasteiger partial charge in [-0.1, -0.05) is 6.07 Å². The molecule has 0 bridgehead atoms. The van der Waals surface area contributed by atoms with Crippen LogP contribution in [0.1, 0.15) is 24.8 Å². The Morgan fingerprint density at radius 1 is 1.48 bits per heavy atom. The van der Waals surface area contributed by atoms with Gasteiger partial charge in [-0.15, -0.1) is 24.2 Å². The van der Waals surface area contributed by atoms with E-state index in [1.165, 1.54) is 24.9 Å². The van der Waals surface area contributed by atoms with Gasteiger partial charge in [0.25, 0.3) is 0 Å². The van der Waals surface area contributed by atoms with Crippen molar-refractivity contribution in [2.24, 2.45) is 5.73 Å². The fraction of sp³-hybridized carbons (Fsp3) is 0.562. The number of nitrogens with two attached hydrogens (primary N) is 1. The average Bonchev–Trinajstić information content (AvgIpc) is 2.61. The minimum Gasteiger partial charge on any atom is -0.490 e. The first-order valence-electron chi connectivity index (χ1n) is 7.95. The number of nitro benzene ring substituents is 1. The fourth-order valence-electron chi connectivity index (χ4n) is 2.88. The van der Waals surface area contributed by atoms with Gasteiger partial charge < -0.3 is 15.4 Å². The van der Waals surface area contributed by atoms with E-state index in [9.17, 15) is 14.9 Å². The van der Waals surface area contributed by atoms with Gasteiger partial charge in [0, 0.05) is 31.0 Å². The van der Waals surface area contributed by atoms with Gasteiger partial charge in [0.05, 0.1) is 17.8 Å². The van der Waals surface area contributed by atoms with Crippen LogP contribution in [0.5, 0.6) is 5.75 Å². The molecule has 25 heavy (non-hydrogen) atoms. The lowest BCUT2D eigenvalue weighted by Crippen LogP contribution is -2.48. The number of carbonyl (C=O) groups excluding carboxylic acids is 1. The number of rotatable bonds is 7. The van der Waals surface area contributed by atoms with Gasteiger partial charge in [-0.05, 0) is 30.9 Å². The van der Waals surface area contributed by atoms with Crippen molar-refractivity contribution < 1.29 is 14.5 Å². The van der Waals surface area contributed by atoms with E-state index >= 15 is 0 Å². The molecule has 0 spiro atoms. The number of thioether (sulfide) groups is 1. The molecule has 1 fully saturated rings. The normalized spacial score (nSPS) is 16.9. The van der Waals surface area contributed by atoms with Crippen molar-refractivity contribution in [1.82, 2.24) is 4.90 Å². The largest absolute Gasteiger partial charge is 0.490 e. The van der Waals surface area contributed by atoms with Crippen molar-refractivity contribution in [3.05, 3.63) is 33.9 Å². The topological polar surface area (TPSA) is 98.7 Å². The highest BCUT2D eigenvalue weighted by Gasteiger charge is 2.25. The Balaban J connectivity index is 0.00000312. The van der Waals surface area contributed by atoms with Crippen molar-refractivity contribution >= 4 is 35.8 Å². The molecule has 0 aromatic heterocycles. The molecule has 9 heteroatoms. The number of ether oxygens (including phenoxy) is 1. The number of piperidine rings is 1. The van der Waals surface area contributed by atoms with Crippen LogP contribution in [0.15, 0.2) is 18.2 Å². The van der Waals surface area contributed by atoms with Gasteiger partial charge in [0.2, 0.25) is 5.91 Å². The predicted molar refractivity (Wildman–Crippen MR) is 101 cm³/mol. The maximum atomic E-state index is 12.4. The van der Waals surface area contributed by atoms with Crippen molar-refractivity contribution in [3.63, 3.8) is 0 Å². The standard InChI is InChI=1S/C16H23N3O4S.ClH/c1-23-15-6-5-12(8-14(15)19(21)22)10-24-11-16(20)18-7-3-2-4-13(18)9-17;/h5-6,8,13H,2-4,7,9-11,17H2,1H3;1H. The predicted octanol–water partition coefficient (Wildman–Crippen LogP) is 2.60. The lowest BCUT2D eigenvalue weighted by molar-refractivity contribution is -0.385. The zero-order chi connectivity index (χ0) is 17.5. The number of methoxy groups -OCH3 is 1. The summed E-state index contributed by atoms with van der Waals surface area (Å²) in [6, 6.07) is 5.02. The SMILES string of the molecule is COc1ccc(CSCC(=O)N2CCCCC2CN)cc1[N+](=O)[O-].Cl. The molecule has 1 aliphatic rings. The number of nitro groups is 1. The van der Waals surface area contributed by atoms with Crippen LogP contribution >= 0.6 is 24.2 Å². The fourth-order valence-corrected chi connectivity index (χ4v) is 3.74.